The van der Waals surface area contributed by atoms with Crippen LogP contribution in [-0.2, 0) is 6.42 Å². The molecule has 214 valence electrons. The smallest absolute Gasteiger partial charge is 0.138 e. The molecule has 3 unspecified atom stereocenters. The summed E-state index contributed by atoms with van der Waals surface area (Å²) in [5.74, 6) is 0. The number of benzene rings is 2. The highest BCUT2D eigenvalue weighted by atomic mass is 35.5. The molecule has 0 amide bonds. The topological polar surface area (TPSA) is 102 Å². The minimum Gasteiger partial charge on any atom is -0.390 e. The lowest BCUT2D eigenvalue weighted by atomic mass is 9.82. The summed E-state index contributed by atoms with van der Waals surface area (Å²) in [4.78, 5) is 7.92. The predicted octanol–water partition coefficient (Wildman–Crippen LogP) is 6.46. The summed E-state index contributed by atoms with van der Waals surface area (Å²) in [6, 6.07) is 14.9. The zero-order chi connectivity index (χ0) is 29.5. The second-order valence-corrected chi connectivity index (χ2v) is 12.7. The Bertz CT molecular complexity index is 1330. The normalized spacial score (nSPS) is 14.7. The van der Waals surface area contributed by atoms with Crippen molar-refractivity contribution in [2.45, 2.75) is 66.2 Å². The molecule has 0 aliphatic carbocycles. The Morgan fingerprint density at radius 2 is 1.35 bits per heavy atom. The largest absolute Gasteiger partial charge is 0.390 e. The van der Waals surface area contributed by atoms with Gasteiger partial charge in [-0.15, -0.1) is 0 Å². The quantitative estimate of drug-likeness (QED) is 0.258. The molecule has 0 bridgehead atoms. The third-order valence-corrected chi connectivity index (χ3v) is 6.86. The SMILES string of the molecule is CC(C)(C)C(O)/C(=C\c1ccc(Cl)cc1)n1cncn1.CC(C)(C)C(O)C(Cc1ccc(Cl)cc1)n1cncn1. The Hall–Kier alpha value is -3.04. The van der Waals surface area contributed by atoms with Crippen molar-refractivity contribution in [3.8, 4) is 0 Å². The second kappa shape index (κ2) is 13.5. The van der Waals surface area contributed by atoms with Gasteiger partial charge in [-0.1, -0.05) is 89.0 Å². The van der Waals surface area contributed by atoms with Gasteiger partial charge >= 0.3 is 0 Å². The van der Waals surface area contributed by atoms with Crippen LogP contribution >= 0.6 is 23.2 Å². The molecule has 2 N–H and O–H groups in total. The fourth-order valence-corrected chi connectivity index (χ4v) is 4.21. The van der Waals surface area contributed by atoms with E-state index in [1.807, 2.05) is 96.1 Å². The number of halogens is 2. The van der Waals surface area contributed by atoms with E-state index < -0.39 is 12.2 Å². The van der Waals surface area contributed by atoms with Crippen LogP contribution in [0, 0.1) is 10.8 Å². The highest BCUT2D eigenvalue weighted by Crippen LogP contribution is 2.31. The highest BCUT2D eigenvalue weighted by molar-refractivity contribution is 6.30. The molecule has 0 fully saturated rings. The number of aliphatic hydroxyl groups is 2. The summed E-state index contributed by atoms with van der Waals surface area (Å²) in [5.41, 5.74) is 2.20. The molecule has 0 radical (unpaired) electrons. The molecular formula is C30H38Cl2N6O2. The molecule has 0 saturated carbocycles. The van der Waals surface area contributed by atoms with Gasteiger partial charge in [0.2, 0.25) is 0 Å². The van der Waals surface area contributed by atoms with Gasteiger partial charge in [0.1, 0.15) is 31.4 Å². The number of rotatable bonds is 7. The molecule has 2 aromatic carbocycles. The Labute approximate surface area is 246 Å². The first-order valence-corrected chi connectivity index (χ1v) is 13.8. The Balaban J connectivity index is 0.000000220. The van der Waals surface area contributed by atoms with E-state index in [4.69, 9.17) is 23.2 Å². The Morgan fingerprint density at radius 3 is 1.82 bits per heavy atom. The minimum absolute atomic E-state index is 0.154. The van der Waals surface area contributed by atoms with E-state index in [1.54, 1.807) is 22.0 Å². The van der Waals surface area contributed by atoms with E-state index in [9.17, 15) is 10.2 Å². The Morgan fingerprint density at radius 1 is 0.800 bits per heavy atom. The summed E-state index contributed by atoms with van der Waals surface area (Å²) in [6.07, 6.45) is 7.54. The molecule has 4 aromatic rings. The molecule has 4 rings (SSSR count). The van der Waals surface area contributed by atoms with Crippen molar-refractivity contribution in [2.24, 2.45) is 10.8 Å². The van der Waals surface area contributed by atoms with E-state index in [-0.39, 0.29) is 16.9 Å². The van der Waals surface area contributed by atoms with Crippen LogP contribution in [0.2, 0.25) is 10.0 Å². The lowest BCUT2D eigenvalue weighted by Crippen LogP contribution is -2.37. The predicted molar refractivity (Wildman–Crippen MR) is 161 cm³/mol. The summed E-state index contributed by atoms with van der Waals surface area (Å²) >= 11 is 11.8. The van der Waals surface area contributed by atoms with Gasteiger partial charge in [0.15, 0.2) is 0 Å². The third kappa shape index (κ3) is 8.99. The van der Waals surface area contributed by atoms with Gasteiger partial charge in [0, 0.05) is 10.0 Å². The molecule has 2 heterocycles. The van der Waals surface area contributed by atoms with Crippen molar-refractivity contribution in [3.63, 3.8) is 0 Å². The highest BCUT2D eigenvalue weighted by Gasteiger charge is 2.32. The molecule has 0 saturated heterocycles. The van der Waals surface area contributed by atoms with Gasteiger partial charge in [-0.3, -0.25) is 0 Å². The van der Waals surface area contributed by atoms with Gasteiger partial charge in [0.25, 0.3) is 0 Å². The molecule has 0 spiro atoms. The second-order valence-electron chi connectivity index (χ2n) is 11.8. The van der Waals surface area contributed by atoms with Crippen LogP contribution in [0.4, 0.5) is 0 Å². The summed E-state index contributed by atoms with van der Waals surface area (Å²) < 4.78 is 3.31. The van der Waals surface area contributed by atoms with Gasteiger partial charge in [-0.25, -0.2) is 19.3 Å². The molecule has 40 heavy (non-hydrogen) atoms. The lowest BCUT2D eigenvalue weighted by molar-refractivity contribution is 0.0124. The van der Waals surface area contributed by atoms with Crippen LogP contribution in [0.1, 0.15) is 58.7 Å². The van der Waals surface area contributed by atoms with Crippen LogP contribution in [0.3, 0.4) is 0 Å². The first-order valence-electron chi connectivity index (χ1n) is 13.0. The maximum absolute atomic E-state index is 10.6. The molecule has 2 aromatic heterocycles. The van der Waals surface area contributed by atoms with Gasteiger partial charge in [0.05, 0.1) is 17.8 Å². The fraction of sp³-hybridized carbons (Fsp3) is 0.400. The van der Waals surface area contributed by atoms with Gasteiger partial charge in [-0.05, 0) is 58.7 Å². The third-order valence-electron chi connectivity index (χ3n) is 6.35. The number of aromatic nitrogens is 6. The van der Waals surface area contributed by atoms with E-state index >= 15 is 0 Å². The van der Waals surface area contributed by atoms with Crippen molar-refractivity contribution in [3.05, 3.63) is 95.0 Å². The van der Waals surface area contributed by atoms with Crippen LogP contribution in [-0.4, -0.2) is 51.9 Å². The number of aliphatic hydroxyl groups excluding tert-OH is 2. The molecule has 8 nitrogen and oxygen atoms in total. The zero-order valence-electron chi connectivity index (χ0n) is 23.8. The van der Waals surface area contributed by atoms with Crippen LogP contribution in [0.25, 0.3) is 11.8 Å². The number of hydrogen-bond donors (Lipinski definition) is 2. The van der Waals surface area contributed by atoms with E-state index in [0.29, 0.717) is 22.2 Å². The van der Waals surface area contributed by atoms with Crippen molar-refractivity contribution in [1.82, 2.24) is 29.5 Å². The average Bonchev–Trinajstić information content (AvgIpc) is 3.62. The maximum atomic E-state index is 10.6. The first-order chi connectivity index (χ1) is 18.8. The van der Waals surface area contributed by atoms with Crippen LogP contribution in [0.15, 0.2) is 73.8 Å². The Kier molecular flexibility index (Phi) is 10.7. The zero-order valence-corrected chi connectivity index (χ0v) is 25.3. The van der Waals surface area contributed by atoms with Crippen molar-refractivity contribution in [2.75, 3.05) is 0 Å². The summed E-state index contributed by atoms with van der Waals surface area (Å²) in [5, 5.41) is 30.9. The van der Waals surface area contributed by atoms with E-state index in [0.717, 1.165) is 11.1 Å². The molecule has 0 aliphatic heterocycles. The van der Waals surface area contributed by atoms with E-state index in [1.165, 1.54) is 12.7 Å². The molecule has 0 aliphatic rings. The maximum Gasteiger partial charge on any atom is 0.138 e. The number of nitrogens with zero attached hydrogens (tertiary/aromatic N) is 6. The van der Waals surface area contributed by atoms with Gasteiger partial charge < -0.3 is 10.2 Å². The number of hydrogen-bond acceptors (Lipinski definition) is 6. The van der Waals surface area contributed by atoms with Crippen molar-refractivity contribution >= 4 is 35.0 Å². The van der Waals surface area contributed by atoms with Crippen molar-refractivity contribution in [1.29, 1.82) is 0 Å². The fourth-order valence-electron chi connectivity index (χ4n) is 3.96. The average molecular weight is 586 g/mol. The molecule has 10 heteroatoms. The lowest BCUT2D eigenvalue weighted by Gasteiger charge is -2.33. The van der Waals surface area contributed by atoms with Crippen molar-refractivity contribution < 1.29 is 10.2 Å². The van der Waals surface area contributed by atoms with Gasteiger partial charge in [-0.2, -0.15) is 10.2 Å². The minimum atomic E-state index is -0.667. The monoisotopic (exact) mass is 584 g/mol. The summed E-state index contributed by atoms with van der Waals surface area (Å²) in [7, 11) is 0. The summed E-state index contributed by atoms with van der Waals surface area (Å²) in [6.45, 7) is 12.0. The van der Waals surface area contributed by atoms with Crippen LogP contribution < -0.4 is 0 Å². The standard InChI is InChI=1S/C15H20ClN3O.C15H18ClN3O/c2*1-15(2,3)14(20)13(19-10-17-9-18-19)8-11-4-6-12(16)7-5-11/h4-7,9-10,13-14,20H,8H2,1-3H3;4-10,14,20H,1-3H3/b;13-8+. The molecular weight excluding hydrogens is 547 g/mol. The van der Waals surface area contributed by atoms with E-state index in [2.05, 4.69) is 20.2 Å². The molecule has 3 atom stereocenters. The van der Waals surface area contributed by atoms with Crippen LogP contribution in [0.5, 0.6) is 0 Å². The first kappa shape index (κ1) is 31.5.